The number of thioether (sulfide) groups is 1. The molecule has 0 spiro atoms. The predicted octanol–water partition coefficient (Wildman–Crippen LogP) is 6.45. The van der Waals surface area contributed by atoms with Crippen molar-refractivity contribution in [1.29, 1.82) is 0 Å². The molecule has 0 radical (unpaired) electrons. The number of hydrogen-bond donors (Lipinski definition) is 0. The van der Waals surface area contributed by atoms with Gasteiger partial charge in [0.05, 0.1) is 24.6 Å². The summed E-state index contributed by atoms with van der Waals surface area (Å²) in [6.07, 6.45) is 2.83. The number of carbonyl (C=O) groups excluding carboxylic acids is 1. The third kappa shape index (κ3) is 4.71. The fourth-order valence-electron chi connectivity index (χ4n) is 4.54. The fourth-order valence-corrected chi connectivity index (χ4v) is 5.48. The fraction of sp³-hybridized carbons (Fsp3) is 0.241. The van der Waals surface area contributed by atoms with Crippen molar-refractivity contribution in [3.05, 3.63) is 95.7 Å². The molecule has 6 heteroatoms. The van der Waals surface area contributed by atoms with E-state index in [0.29, 0.717) is 12.2 Å². The average molecular weight is 484 g/mol. The van der Waals surface area contributed by atoms with Gasteiger partial charge >= 0.3 is 0 Å². The maximum atomic E-state index is 13.5. The minimum atomic E-state index is -0.113. The van der Waals surface area contributed by atoms with Gasteiger partial charge in [0.25, 0.3) is 5.91 Å². The Labute approximate surface area is 210 Å². The molecule has 1 aliphatic heterocycles. The maximum Gasteiger partial charge on any atom is 0.253 e. The molecule has 0 fully saturated rings. The summed E-state index contributed by atoms with van der Waals surface area (Å²) in [4.78, 5) is 14.7. The lowest BCUT2D eigenvalue weighted by atomic mass is 9.97. The standard InChI is InChI=1S/C29H29N3O2S/c1-4-31-18-28(24-7-5-6-8-26(24)31)35-19-29(33)32-27(22-11-9-20(2)10-12-22)17-25(30-32)21-13-15-23(34-3)16-14-21/h5-16,18,27H,4,17,19H2,1-3H3/t27-/m0/s1. The quantitative estimate of drug-likeness (QED) is 0.284. The molecule has 0 saturated carbocycles. The van der Waals surface area contributed by atoms with E-state index in [0.717, 1.165) is 34.0 Å². The van der Waals surface area contributed by atoms with Crippen LogP contribution in [0.15, 0.2) is 89.0 Å². The number of ether oxygens (including phenoxy) is 1. The van der Waals surface area contributed by atoms with Crippen molar-refractivity contribution in [1.82, 2.24) is 9.58 Å². The van der Waals surface area contributed by atoms with Crippen LogP contribution >= 0.6 is 11.8 Å². The Morgan fingerprint density at radius 3 is 2.51 bits per heavy atom. The van der Waals surface area contributed by atoms with E-state index in [2.05, 4.69) is 67.1 Å². The van der Waals surface area contributed by atoms with Gasteiger partial charge in [-0.1, -0.05) is 48.0 Å². The average Bonchev–Trinajstić information content (AvgIpc) is 3.50. The van der Waals surface area contributed by atoms with E-state index in [1.165, 1.54) is 16.5 Å². The molecule has 35 heavy (non-hydrogen) atoms. The van der Waals surface area contributed by atoms with Gasteiger partial charge in [-0.2, -0.15) is 5.10 Å². The Balaban J connectivity index is 1.41. The minimum absolute atomic E-state index is 0.0115. The van der Waals surface area contributed by atoms with Gasteiger partial charge in [-0.3, -0.25) is 4.79 Å². The second kappa shape index (κ2) is 10.0. The summed E-state index contributed by atoms with van der Waals surface area (Å²) in [5.41, 5.74) is 5.42. The summed E-state index contributed by atoms with van der Waals surface area (Å²) < 4.78 is 7.53. The van der Waals surface area contributed by atoms with Gasteiger partial charge in [0.1, 0.15) is 5.75 Å². The number of nitrogens with zero attached hydrogens (tertiary/aromatic N) is 3. The van der Waals surface area contributed by atoms with E-state index >= 15 is 0 Å². The first-order valence-electron chi connectivity index (χ1n) is 11.9. The molecule has 0 bridgehead atoms. The highest BCUT2D eigenvalue weighted by Crippen LogP contribution is 2.35. The number of amides is 1. The van der Waals surface area contributed by atoms with Crippen molar-refractivity contribution in [3.63, 3.8) is 0 Å². The Bertz CT molecular complexity index is 1370. The smallest absolute Gasteiger partial charge is 0.253 e. The molecule has 3 aromatic carbocycles. The number of hydrazone groups is 1. The first kappa shape index (κ1) is 23.2. The van der Waals surface area contributed by atoms with Gasteiger partial charge in [-0.05, 0) is 55.3 Å². The third-order valence-corrected chi connectivity index (χ3v) is 7.52. The van der Waals surface area contributed by atoms with Crippen LogP contribution in [-0.4, -0.2) is 34.1 Å². The molecule has 0 saturated heterocycles. The van der Waals surface area contributed by atoms with Crippen LogP contribution in [0.3, 0.4) is 0 Å². The number of carbonyl (C=O) groups is 1. The van der Waals surface area contributed by atoms with E-state index in [1.807, 2.05) is 30.3 Å². The van der Waals surface area contributed by atoms with Crippen molar-refractivity contribution in [2.45, 2.75) is 37.8 Å². The first-order valence-corrected chi connectivity index (χ1v) is 12.9. The van der Waals surface area contributed by atoms with Crippen LogP contribution < -0.4 is 4.74 Å². The Hall–Kier alpha value is -3.51. The lowest BCUT2D eigenvalue weighted by molar-refractivity contribution is -0.130. The number of para-hydroxylation sites is 1. The van der Waals surface area contributed by atoms with Crippen molar-refractivity contribution < 1.29 is 9.53 Å². The zero-order valence-electron chi connectivity index (χ0n) is 20.3. The molecule has 2 heterocycles. The number of rotatable bonds is 7. The van der Waals surface area contributed by atoms with E-state index < -0.39 is 0 Å². The molecular weight excluding hydrogens is 454 g/mol. The maximum absolute atomic E-state index is 13.5. The zero-order valence-corrected chi connectivity index (χ0v) is 21.1. The van der Waals surface area contributed by atoms with Crippen LogP contribution in [0.5, 0.6) is 5.75 Å². The summed E-state index contributed by atoms with van der Waals surface area (Å²) in [6.45, 7) is 5.11. The van der Waals surface area contributed by atoms with Gasteiger partial charge < -0.3 is 9.30 Å². The number of methoxy groups -OCH3 is 1. The highest BCUT2D eigenvalue weighted by atomic mass is 32.2. The summed E-state index contributed by atoms with van der Waals surface area (Å²) in [5.74, 6) is 1.15. The summed E-state index contributed by atoms with van der Waals surface area (Å²) in [6, 6.07) is 24.5. The van der Waals surface area contributed by atoms with Gasteiger partial charge in [-0.15, -0.1) is 11.8 Å². The molecule has 1 atom stereocenters. The van der Waals surface area contributed by atoms with Gasteiger partial charge in [0.15, 0.2) is 0 Å². The van der Waals surface area contributed by atoms with Crippen molar-refractivity contribution in [2.24, 2.45) is 5.10 Å². The number of aromatic nitrogens is 1. The molecule has 1 aliphatic rings. The molecule has 4 aromatic rings. The molecule has 178 valence electrons. The normalized spacial score (nSPS) is 15.5. The molecule has 5 nitrogen and oxygen atoms in total. The number of fused-ring (bicyclic) bond motifs is 1. The molecular formula is C29H29N3O2S. The summed E-state index contributed by atoms with van der Waals surface area (Å²) >= 11 is 1.58. The SMILES string of the molecule is CCn1cc(SCC(=O)N2N=C(c3ccc(OC)cc3)C[C@H]2c2ccc(C)cc2)c2ccccc21. The van der Waals surface area contributed by atoms with Crippen LogP contribution in [-0.2, 0) is 11.3 Å². The van der Waals surface area contributed by atoms with Crippen molar-refractivity contribution >= 4 is 34.3 Å². The van der Waals surface area contributed by atoms with Crippen LogP contribution in [0.25, 0.3) is 10.9 Å². The lowest BCUT2D eigenvalue weighted by Gasteiger charge is -2.22. The topological polar surface area (TPSA) is 46.8 Å². The zero-order chi connectivity index (χ0) is 24.4. The van der Waals surface area contributed by atoms with E-state index in [1.54, 1.807) is 23.9 Å². The Kier molecular flexibility index (Phi) is 6.64. The number of benzene rings is 3. The van der Waals surface area contributed by atoms with Gasteiger partial charge in [0.2, 0.25) is 0 Å². The largest absolute Gasteiger partial charge is 0.497 e. The van der Waals surface area contributed by atoms with Crippen LogP contribution in [0.2, 0.25) is 0 Å². The molecule has 0 N–H and O–H groups in total. The Morgan fingerprint density at radius 2 is 1.80 bits per heavy atom. The van der Waals surface area contributed by atoms with Crippen molar-refractivity contribution in [2.75, 3.05) is 12.9 Å². The van der Waals surface area contributed by atoms with Crippen LogP contribution in [0.1, 0.15) is 36.1 Å². The van der Waals surface area contributed by atoms with Crippen LogP contribution in [0, 0.1) is 6.92 Å². The van der Waals surface area contributed by atoms with Gasteiger partial charge in [0, 0.05) is 35.0 Å². The monoisotopic (exact) mass is 483 g/mol. The predicted molar refractivity (Wildman–Crippen MR) is 143 cm³/mol. The second-order valence-electron chi connectivity index (χ2n) is 8.73. The Morgan fingerprint density at radius 1 is 1.06 bits per heavy atom. The summed E-state index contributed by atoms with van der Waals surface area (Å²) in [7, 11) is 1.66. The van der Waals surface area contributed by atoms with E-state index in [4.69, 9.17) is 9.84 Å². The number of aryl methyl sites for hydroxylation is 2. The summed E-state index contributed by atoms with van der Waals surface area (Å²) in [5, 5.41) is 7.71. The van der Waals surface area contributed by atoms with Gasteiger partial charge in [-0.25, -0.2) is 5.01 Å². The lowest BCUT2D eigenvalue weighted by Crippen LogP contribution is -2.28. The molecule has 5 rings (SSSR count). The first-order chi connectivity index (χ1) is 17.1. The van der Waals surface area contributed by atoms with Crippen molar-refractivity contribution in [3.8, 4) is 5.75 Å². The highest BCUT2D eigenvalue weighted by molar-refractivity contribution is 8.00. The second-order valence-corrected chi connectivity index (χ2v) is 9.75. The number of hydrogen-bond acceptors (Lipinski definition) is 4. The van der Waals surface area contributed by atoms with Crippen LogP contribution in [0.4, 0.5) is 0 Å². The minimum Gasteiger partial charge on any atom is -0.497 e. The molecule has 1 aromatic heterocycles. The highest BCUT2D eigenvalue weighted by Gasteiger charge is 2.33. The molecule has 0 aliphatic carbocycles. The molecule has 1 amide bonds. The third-order valence-electron chi connectivity index (χ3n) is 6.50. The van der Waals surface area contributed by atoms with E-state index in [-0.39, 0.29) is 11.9 Å². The van der Waals surface area contributed by atoms with E-state index in [9.17, 15) is 4.79 Å². The molecule has 0 unspecified atom stereocenters.